The predicted molar refractivity (Wildman–Crippen MR) is 52.0 cm³/mol. The fraction of sp³-hybridized carbons (Fsp3) is 0.909. The van der Waals surface area contributed by atoms with Crippen LogP contribution >= 0.6 is 0 Å². The van der Waals surface area contributed by atoms with Gasteiger partial charge in [-0.15, -0.1) is 0 Å². The number of carbonyl (C=O) groups is 1. The molecular formula is C11H16F2O3. The van der Waals surface area contributed by atoms with Gasteiger partial charge in [0.1, 0.15) is 11.0 Å². The highest BCUT2D eigenvalue weighted by Gasteiger charge is 2.91. The van der Waals surface area contributed by atoms with Gasteiger partial charge in [-0.25, -0.2) is 8.78 Å². The molecule has 0 aliphatic heterocycles. The van der Waals surface area contributed by atoms with E-state index < -0.39 is 34.9 Å². The Kier molecular flexibility index (Phi) is 2.02. The molecule has 92 valence electrons. The minimum Gasteiger partial charge on any atom is -0.459 e. The minimum absolute atomic E-state index is 0.0401. The van der Waals surface area contributed by atoms with Gasteiger partial charge in [0.05, 0.1) is 12.0 Å². The lowest BCUT2D eigenvalue weighted by Gasteiger charge is -2.72. The van der Waals surface area contributed by atoms with E-state index in [1.54, 1.807) is 20.8 Å². The van der Waals surface area contributed by atoms with Crippen LogP contribution in [0.5, 0.6) is 0 Å². The van der Waals surface area contributed by atoms with E-state index in [0.717, 1.165) is 0 Å². The Morgan fingerprint density at radius 1 is 1.38 bits per heavy atom. The van der Waals surface area contributed by atoms with Crippen LogP contribution in [0.3, 0.4) is 0 Å². The van der Waals surface area contributed by atoms with E-state index in [0.29, 0.717) is 0 Å². The third-order valence-corrected chi connectivity index (χ3v) is 3.64. The molecule has 3 fully saturated rings. The molecule has 5 heteroatoms. The summed E-state index contributed by atoms with van der Waals surface area (Å²) in [5, 5.41) is 8.92. The maximum atomic E-state index is 13.7. The summed E-state index contributed by atoms with van der Waals surface area (Å²) in [6.07, 6.45) is 0.0802. The van der Waals surface area contributed by atoms with E-state index in [4.69, 9.17) is 9.84 Å². The van der Waals surface area contributed by atoms with Crippen molar-refractivity contribution in [1.82, 2.24) is 0 Å². The molecule has 0 radical (unpaired) electrons. The molecule has 3 nitrogen and oxygen atoms in total. The first kappa shape index (κ1) is 11.8. The number of rotatable bonds is 2. The molecule has 3 aliphatic carbocycles. The fourth-order valence-electron chi connectivity index (χ4n) is 2.70. The Morgan fingerprint density at radius 3 is 2.19 bits per heavy atom. The van der Waals surface area contributed by atoms with E-state index in [-0.39, 0.29) is 12.8 Å². The number of aliphatic hydroxyl groups excluding tert-OH is 1. The van der Waals surface area contributed by atoms with E-state index in [2.05, 4.69) is 0 Å². The molecule has 0 aromatic rings. The molecule has 0 aromatic carbocycles. The van der Waals surface area contributed by atoms with Gasteiger partial charge in [0.2, 0.25) is 0 Å². The van der Waals surface area contributed by atoms with Gasteiger partial charge in [-0.2, -0.15) is 0 Å². The third-order valence-electron chi connectivity index (χ3n) is 3.64. The van der Waals surface area contributed by atoms with Crippen molar-refractivity contribution < 1.29 is 23.4 Å². The number of hydrogen-bond acceptors (Lipinski definition) is 3. The first-order valence-corrected chi connectivity index (χ1v) is 5.32. The van der Waals surface area contributed by atoms with Crippen molar-refractivity contribution in [2.45, 2.75) is 45.1 Å². The second-order valence-corrected chi connectivity index (χ2v) is 5.95. The van der Waals surface area contributed by atoms with Crippen LogP contribution < -0.4 is 0 Å². The van der Waals surface area contributed by atoms with Crippen LogP contribution in [0.4, 0.5) is 8.78 Å². The SMILES string of the molecule is CC(C)(C)OC(=O)C12CC(CO)(C1)C2(F)F. The molecule has 0 unspecified atom stereocenters. The maximum Gasteiger partial charge on any atom is 0.318 e. The van der Waals surface area contributed by atoms with Crippen molar-refractivity contribution in [2.75, 3.05) is 6.61 Å². The Morgan fingerprint density at radius 2 is 1.88 bits per heavy atom. The zero-order valence-electron chi connectivity index (χ0n) is 9.64. The molecule has 0 aromatic heterocycles. The van der Waals surface area contributed by atoms with Gasteiger partial charge in [-0.3, -0.25) is 4.79 Å². The normalized spacial score (nSPS) is 39.6. The fourth-order valence-corrected chi connectivity index (χ4v) is 2.70. The predicted octanol–water partition coefficient (Wildman–Crippen LogP) is 1.74. The van der Waals surface area contributed by atoms with Gasteiger partial charge in [0.15, 0.2) is 0 Å². The van der Waals surface area contributed by atoms with Crippen molar-refractivity contribution in [3.63, 3.8) is 0 Å². The lowest BCUT2D eigenvalue weighted by molar-refractivity contribution is -0.407. The molecule has 1 N–H and O–H groups in total. The van der Waals surface area contributed by atoms with Crippen molar-refractivity contribution in [1.29, 1.82) is 0 Å². The van der Waals surface area contributed by atoms with Crippen LogP contribution in [-0.2, 0) is 9.53 Å². The van der Waals surface area contributed by atoms with E-state index in [1.165, 1.54) is 0 Å². The van der Waals surface area contributed by atoms with Crippen LogP contribution in [0.1, 0.15) is 33.6 Å². The summed E-state index contributed by atoms with van der Waals surface area (Å²) < 4.78 is 32.3. The monoisotopic (exact) mass is 234 g/mol. The summed E-state index contributed by atoms with van der Waals surface area (Å²) in [5.74, 6) is -3.95. The van der Waals surface area contributed by atoms with Crippen LogP contribution in [0, 0.1) is 10.8 Å². The second-order valence-electron chi connectivity index (χ2n) is 5.95. The van der Waals surface area contributed by atoms with Gasteiger partial charge in [0.25, 0.3) is 5.92 Å². The molecule has 3 saturated carbocycles. The van der Waals surface area contributed by atoms with Crippen LogP contribution in [0.25, 0.3) is 0 Å². The van der Waals surface area contributed by atoms with Crippen molar-refractivity contribution in [3.8, 4) is 0 Å². The van der Waals surface area contributed by atoms with Crippen molar-refractivity contribution in [2.24, 2.45) is 10.8 Å². The summed E-state index contributed by atoms with van der Waals surface area (Å²) in [4.78, 5) is 11.7. The molecule has 0 amide bonds. The van der Waals surface area contributed by atoms with Crippen LogP contribution in [0.2, 0.25) is 0 Å². The summed E-state index contributed by atoms with van der Waals surface area (Å²) in [5.41, 5.74) is -3.78. The molecule has 2 bridgehead atoms. The topological polar surface area (TPSA) is 46.5 Å². The highest BCUT2D eigenvalue weighted by Crippen LogP contribution is 2.81. The quantitative estimate of drug-likeness (QED) is 0.740. The molecule has 16 heavy (non-hydrogen) atoms. The number of alkyl halides is 2. The van der Waals surface area contributed by atoms with Crippen molar-refractivity contribution >= 4 is 5.97 Å². The Bertz CT molecular complexity index is 338. The average Bonchev–Trinajstić information content (AvgIpc) is 1.98. The Balaban J connectivity index is 2.12. The van der Waals surface area contributed by atoms with Crippen LogP contribution in [-0.4, -0.2) is 29.2 Å². The molecule has 0 spiro atoms. The van der Waals surface area contributed by atoms with E-state index in [9.17, 15) is 13.6 Å². The largest absolute Gasteiger partial charge is 0.459 e. The van der Waals surface area contributed by atoms with Crippen LogP contribution in [0.15, 0.2) is 0 Å². The van der Waals surface area contributed by atoms with Gasteiger partial charge < -0.3 is 9.84 Å². The zero-order chi connectivity index (χ0) is 12.4. The van der Waals surface area contributed by atoms with Gasteiger partial charge in [0, 0.05) is 0 Å². The summed E-state index contributed by atoms with van der Waals surface area (Å²) in [7, 11) is 0. The smallest absolute Gasteiger partial charge is 0.318 e. The lowest BCUT2D eigenvalue weighted by Crippen LogP contribution is -2.83. The van der Waals surface area contributed by atoms with Crippen molar-refractivity contribution in [3.05, 3.63) is 0 Å². The Hall–Kier alpha value is -0.710. The first-order valence-electron chi connectivity index (χ1n) is 5.32. The van der Waals surface area contributed by atoms with Gasteiger partial charge in [-0.05, 0) is 33.6 Å². The van der Waals surface area contributed by atoms with E-state index in [1.807, 2.05) is 0 Å². The van der Waals surface area contributed by atoms with E-state index >= 15 is 0 Å². The highest BCUT2D eigenvalue weighted by atomic mass is 19.3. The number of esters is 1. The minimum atomic E-state index is -3.11. The summed E-state index contributed by atoms with van der Waals surface area (Å²) in [6.45, 7) is 4.38. The molecule has 3 aliphatic rings. The second kappa shape index (κ2) is 2.75. The Labute approximate surface area is 92.8 Å². The number of aliphatic hydroxyl groups is 1. The zero-order valence-corrected chi connectivity index (χ0v) is 9.64. The number of ether oxygens (including phenoxy) is 1. The number of halogens is 2. The molecule has 0 saturated heterocycles. The molecule has 3 rings (SSSR count). The summed E-state index contributed by atoms with van der Waals surface area (Å²) >= 11 is 0. The average molecular weight is 234 g/mol. The maximum absolute atomic E-state index is 13.7. The van der Waals surface area contributed by atoms with Gasteiger partial charge >= 0.3 is 5.97 Å². The number of hydrogen-bond donors (Lipinski definition) is 1. The molecule has 0 heterocycles. The van der Waals surface area contributed by atoms with Gasteiger partial charge in [-0.1, -0.05) is 0 Å². The highest BCUT2D eigenvalue weighted by molar-refractivity contribution is 5.84. The molecular weight excluding hydrogens is 218 g/mol. The standard InChI is InChI=1S/C11H16F2O3/c1-8(2,3)16-7(15)10-4-9(5-10,6-14)11(10,12)13/h14H,4-6H2,1-3H3. The third kappa shape index (κ3) is 1.07. The number of carbonyl (C=O) groups excluding carboxylic acids is 1. The molecule has 0 atom stereocenters. The summed E-state index contributed by atoms with van der Waals surface area (Å²) in [6, 6.07) is 0. The first-order chi connectivity index (χ1) is 7.10. The lowest BCUT2D eigenvalue weighted by atomic mass is 9.32.